The molecule has 1 amide bonds. The number of alkyl halides is 4. The third-order valence-electron chi connectivity index (χ3n) is 2.38. The summed E-state index contributed by atoms with van der Waals surface area (Å²) in [7, 11) is 0. The molecule has 1 aromatic rings. The number of nitrogen functional groups attached to an aromatic ring is 1. The number of halogens is 4. The highest BCUT2D eigenvalue weighted by atomic mass is 19.3. The van der Waals surface area contributed by atoms with E-state index >= 15 is 0 Å². The van der Waals surface area contributed by atoms with Crippen molar-refractivity contribution in [3.05, 3.63) is 23.8 Å². The first-order valence-electron chi connectivity index (χ1n) is 5.62. The van der Waals surface area contributed by atoms with Crippen LogP contribution < -0.4 is 11.1 Å². The number of nitrogens with one attached hydrogen (secondary N) is 1. The molecule has 0 bridgehead atoms. The summed E-state index contributed by atoms with van der Waals surface area (Å²) < 4.78 is 53.0. The van der Waals surface area contributed by atoms with Gasteiger partial charge in [0, 0.05) is 11.4 Å². The van der Waals surface area contributed by atoms with Gasteiger partial charge in [0.05, 0.1) is 0 Å². The average molecular weight is 294 g/mol. The summed E-state index contributed by atoms with van der Waals surface area (Å²) in [4.78, 5) is 11.4. The Morgan fingerprint density at radius 3 is 2.70 bits per heavy atom. The molecule has 0 saturated carbocycles. The van der Waals surface area contributed by atoms with Crippen LogP contribution >= 0.6 is 0 Å². The molecule has 0 aliphatic heterocycles. The minimum absolute atomic E-state index is 0.402. The monoisotopic (exact) mass is 294 g/mol. The Balaban J connectivity index is 2.47. The van der Waals surface area contributed by atoms with E-state index < -0.39 is 31.5 Å². The van der Waals surface area contributed by atoms with E-state index in [1.54, 1.807) is 19.1 Å². The number of carbonyl (C=O) groups is 1. The molecule has 0 atom stereocenters. The maximum atomic E-state index is 12.5. The lowest BCUT2D eigenvalue weighted by Crippen LogP contribution is -2.34. The highest BCUT2D eigenvalue weighted by molar-refractivity contribution is 5.92. The predicted molar refractivity (Wildman–Crippen MR) is 66.0 cm³/mol. The molecule has 112 valence electrons. The second kappa shape index (κ2) is 6.56. The largest absolute Gasteiger partial charge is 0.399 e. The molecule has 0 heterocycles. The van der Waals surface area contributed by atoms with Gasteiger partial charge in [0.25, 0.3) is 0 Å². The molecule has 0 fully saturated rings. The fourth-order valence-corrected chi connectivity index (χ4v) is 1.30. The van der Waals surface area contributed by atoms with E-state index in [0.717, 1.165) is 0 Å². The quantitative estimate of drug-likeness (QED) is 0.625. The van der Waals surface area contributed by atoms with Crippen molar-refractivity contribution in [2.45, 2.75) is 19.3 Å². The molecule has 0 aliphatic carbocycles. The maximum Gasteiger partial charge on any atom is 0.330 e. The van der Waals surface area contributed by atoms with Crippen LogP contribution in [0.2, 0.25) is 0 Å². The summed E-state index contributed by atoms with van der Waals surface area (Å²) in [6, 6.07) is 4.78. The molecule has 0 aromatic heterocycles. The number of rotatable bonds is 6. The molecule has 0 radical (unpaired) electrons. The smallest absolute Gasteiger partial charge is 0.330 e. The Hall–Kier alpha value is -1.83. The predicted octanol–water partition coefficient (Wildman–Crippen LogP) is 2.43. The van der Waals surface area contributed by atoms with Crippen LogP contribution in [0, 0.1) is 6.92 Å². The minimum Gasteiger partial charge on any atom is -0.399 e. The Labute approximate surface area is 112 Å². The Bertz CT molecular complexity index is 481. The number of anilines is 2. The number of hydrogen-bond donors (Lipinski definition) is 2. The molecule has 0 aliphatic rings. The molecular weight excluding hydrogens is 280 g/mol. The number of benzene rings is 1. The lowest BCUT2D eigenvalue weighted by Gasteiger charge is -2.15. The zero-order valence-electron chi connectivity index (χ0n) is 10.6. The Morgan fingerprint density at radius 1 is 1.45 bits per heavy atom. The third kappa shape index (κ3) is 4.69. The minimum atomic E-state index is -4.27. The second-order valence-corrected chi connectivity index (χ2v) is 4.18. The van der Waals surface area contributed by atoms with Gasteiger partial charge in [0.1, 0.15) is 13.2 Å². The van der Waals surface area contributed by atoms with Crippen molar-refractivity contribution in [2.75, 3.05) is 24.3 Å². The van der Waals surface area contributed by atoms with Crippen molar-refractivity contribution >= 4 is 17.3 Å². The molecule has 0 unspecified atom stereocenters. The highest BCUT2D eigenvalue weighted by Gasteiger charge is 2.41. The number of ether oxygens (including phenoxy) is 1. The molecule has 1 aromatic carbocycles. The van der Waals surface area contributed by atoms with E-state index in [0.29, 0.717) is 16.9 Å². The van der Waals surface area contributed by atoms with E-state index in [4.69, 9.17) is 5.73 Å². The molecule has 0 saturated heterocycles. The SMILES string of the molecule is Cc1ccc(N)cc1NC(=O)COCC(F)(F)C(F)F. The summed E-state index contributed by atoms with van der Waals surface area (Å²) in [6.07, 6.45) is -3.83. The summed E-state index contributed by atoms with van der Waals surface area (Å²) in [5, 5.41) is 2.39. The van der Waals surface area contributed by atoms with E-state index in [2.05, 4.69) is 10.1 Å². The van der Waals surface area contributed by atoms with Crippen LogP contribution in [0.25, 0.3) is 0 Å². The van der Waals surface area contributed by atoms with Crippen LogP contribution in [-0.4, -0.2) is 31.5 Å². The molecule has 4 nitrogen and oxygen atoms in total. The van der Waals surface area contributed by atoms with Gasteiger partial charge in [-0.2, -0.15) is 8.78 Å². The van der Waals surface area contributed by atoms with Gasteiger partial charge < -0.3 is 15.8 Å². The fourth-order valence-electron chi connectivity index (χ4n) is 1.30. The van der Waals surface area contributed by atoms with Gasteiger partial charge in [-0.1, -0.05) is 6.07 Å². The zero-order chi connectivity index (χ0) is 15.3. The first-order chi connectivity index (χ1) is 9.22. The molecule has 3 N–H and O–H groups in total. The second-order valence-electron chi connectivity index (χ2n) is 4.18. The van der Waals surface area contributed by atoms with Gasteiger partial charge in [-0.3, -0.25) is 4.79 Å². The highest BCUT2D eigenvalue weighted by Crippen LogP contribution is 2.23. The molecule has 8 heteroatoms. The normalized spacial score (nSPS) is 11.7. The van der Waals surface area contributed by atoms with E-state index in [9.17, 15) is 22.4 Å². The number of aryl methyl sites for hydroxylation is 1. The van der Waals surface area contributed by atoms with Gasteiger partial charge in [-0.25, -0.2) is 8.78 Å². The van der Waals surface area contributed by atoms with E-state index in [1.807, 2.05) is 0 Å². The summed E-state index contributed by atoms with van der Waals surface area (Å²) >= 11 is 0. The van der Waals surface area contributed by atoms with Gasteiger partial charge in [-0.05, 0) is 24.6 Å². The van der Waals surface area contributed by atoms with E-state index in [1.165, 1.54) is 6.07 Å². The summed E-state index contributed by atoms with van der Waals surface area (Å²) in [5.41, 5.74) is 7.06. The summed E-state index contributed by atoms with van der Waals surface area (Å²) in [5.74, 6) is -5.00. The van der Waals surface area contributed by atoms with Crippen molar-refractivity contribution in [2.24, 2.45) is 0 Å². The van der Waals surface area contributed by atoms with Crippen molar-refractivity contribution in [1.82, 2.24) is 0 Å². The lowest BCUT2D eigenvalue weighted by atomic mass is 10.2. The zero-order valence-corrected chi connectivity index (χ0v) is 10.6. The molecule has 1 rings (SSSR count). The fraction of sp³-hybridized carbons (Fsp3) is 0.417. The van der Waals surface area contributed by atoms with Crippen LogP contribution in [0.4, 0.5) is 28.9 Å². The first-order valence-corrected chi connectivity index (χ1v) is 5.62. The van der Waals surface area contributed by atoms with Gasteiger partial charge in [-0.15, -0.1) is 0 Å². The number of nitrogens with two attached hydrogens (primary N) is 1. The Morgan fingerprint density at radius 2 is 2.10 bits per heavy atom. The molecule has 0 spiro atoms. The van der Waals surface area contributed by atoms with Gasteiger partial charge in [0.2, 0.25) is 5.91 Å². The van der Waals surface area contributed by atoms with Crippen molar-refractivity contribution in [3.8, 4) is 0 Å². The average Bonchev–Trinajstić information content (AvgIpc) is 2.33. The lowest BCUT2D eigenvalue weighted by molar-refractivity contribution is -0.167. The van der Waals surface area contributed by atoms with Crippen LogP contribution in [0.5, 0.6) is 0 Å². The Kier molecular flexibility index (Phi) is 5.32. The van der Waals surface area contributed by atoms with E-state index in [-0.39, 0.29) is 0 Å². The number of carbonyl (C=O) groups excluding carboxylic acids is 1. The third-order valence-corrected chi connectivity index (χ3v) is 2.38. The van der Waals surface area contributed by atoms with Crippen LogP contribution in [0.1, 0.15) is 5.56 Å². The van der Waals surface area contributed by atoms with Crippen LogP contribution in [0.3, 0.4) is 0 Å². The van der Waals surface area contributed by atoms with Crippen LogP contribution in [0.15, 0.2) is 18.2 Å². The topological polar surface area (TPSA) is 64.3 Å². The van der Waals surface area contributed by atoms with Gasteiger partial charge >= 0.3 is 12.3 Å². The number of amides is 1. The standard InChI is InChI=1S/C12H14F4N2O2/c1-7-2-3-8(17)4-9(7)18-10(19)5-20-6-12(15,16)11(13)14/h2-4,11H,5-6,17H2,1H3,(H,18,19). The molecule has 20 heavy (non-hydrogen) atoms. The molecular formula is C12H14F4N2O2. The number of hydrogen-bond acceptors (Lipinski definition) is 3. The maximum absolute atomic E-state index is 12.5. The van der Waals surface area contributed by atoms with Crippen molar-refractivity contribution < 1.29 is 27.1 Å². The van der Waals surface area contributed by atoms with Crippen molar-refractivity contribution in [1.29, 1.82) is 0 Å². The van der Waals surface area contributed by atoms with Crippen LogP contribution in [-0.2, 0) is 9.53 Å². The van der Waals surface area contributed by atoms with Crippen molar-refractivity contribution in [3.63, 3.8) is 0 Å². The first kappa shape index (κ1) is 16.2. The van der Waals surface area contributed by atoms with Gasteiger partial charge in [0.15, 0.2) is 0 Å². The summed E-state index contributed by atoms with van der Waals surface area (Å²) in [6.45, 7) is -0.564.